The lowest BCUT2D eigenvalue weighted by Crippen LogP contribution is -2.68. The molecule has 1 amide bonds. The monoisotopic (exact) mass is 433 g/mol. The van der Waals surface area contributed by atoms with Gasteiger partial charge in [0.15, 0.2) is 0 Å². The number of halogens is 4. The fourth-order valence-electron chi connectivity index (χ4n) is 4.13. The summed E-state index contributed by atoms with van der Waals surface area (Å²) in [5, 5.41) is 17.7. The van der Waals surface area contributed by atoms with E-state index in [0.717, 1.165) is 12.1 Å². The molecule has 168 valence electrons. The van der Waals surface area contributed by atoms with E-state index in [1.807, 2.05) is 6.92 Å². The molecule has 0 spiro atoms. The standard InChI is InChI=1S/C19H27F4N5O2/c1-4-14(10-5-6-11(12(20)7-10)8-19(21,22)23)28-16-15(13(9-29)26-28)17(30)25-18(24-16)27(2)3/h5-7,13-16,18,24,26,29H,4,8-9H2,1-3H3,(H,25,30). The Bertz CT molecular complexity index is 776. The minimum Gasteiger partial charge on any atom is -0.395 e. The van der Waals surface area contributed by atoms with Gasteiger partial charge in [-0.15, -0.1) is 0 Å². The molecule has 2 aliphatic heterocycles. The lowest BCUT2D eigenvalue weighted by Gasteiger charge is -2.41. The van der Waals surface area contributed by atoms with Crippen LogP contribution in [0.25, 0.3) is 0 Å². The molecule has 0 saturated carbocycles. The second-order valence-corrected chi connectivity index (χ2v) is 7.90. The van der Waals surface area contributed by atoms with Crippen LogP contribution in [-0.2, 0) is 11.2 Å². The number of hydrogen-bond donors (Lipinski definition) is 4. The maximum absolute atomic E-state index is 14.4. The van der Waals surface area contributed by atoms with Crippen molar-refractivity contribution >= 4 is 5.91 Å². The van der Waals surface area contributed by atoms with Crippen LogP contribution < -0.4 is 16.1 Å². The molecule has 3 rings (SSSR count). The number of aliphatic hydroxyl groups excluding tert-OH is 1. The first kappa shape index (κ1) is 22.9. The Kier molecular flexibility index (Phi) is 6.68. The lowest BCUT2D eigenvalue weighted by molar-refractivity contribution is -0.134. The molecule has 2 aliphatic rings. The van der Waals surface area contributed by atoms with Crippen LogP contribution in [0.2, 0.25) is 0 Å². The van der Waals surface area contributed by atoms with Crippen molar-refractivity contribution in [3.05, 3.63) is 35.1 Å². The molecule has 5 unspecified atom stereocenters. The zero-order chi connectivity index (χ0) is 22.2. The van der Waals surface area contributed by atoms with Gasteiger partial charge in [0.2, 0.25) is 5.91 Å². The van der Waals surface area contributed by atoms with Crippen molar-refractivity contribution in [1.82, 2.24) is 26.0 Å². The Morgan fingerprint density at radius 2 is 2.00 bits per heavy atom. The fourth-order valence-corrected chi connectivity index (χ4v) is 4.13. The van der Waals surface area contributed by atoms with Gasteiger partial charge in [-0.1, -0.05) is 19.1 Å². The summed E-state index contributed by atoms with van der Waals surface area (Å²) in [6.07, 6.45) is -6.26. The average Bonchev–Trinajstić information content (AvgIpc) is 3.02. The molecule has 0 aromatic heterocycles. The van der Waals surface area contributed by atoms with Gasteiger partial charge in [-0.3, -0.25) is 15.0 Å². The number of benzene rings is 1. The van der Waals surface area contributed by atoms with Crippen LogP contribution >= 0.6 is 0 Å². The fraction of sp³-hybridized carbons (Fsp3) is 0.632. The second kappa shape index (κ2) is 8.75. The summed E-state index contributed by atoms with van der Waals surface area (Å²) in [5.41, 5.74) is 3.21. The first-order valence-electron chi connectivity index (χ1n) is 9.79. The molecule has 30 heavy (non-hydrogen) atoms. The summed E-state index contributed by atoms with van der Waals surface area (Å²) >= 11 is 0. The highest BCUT2D eigenvalue weighted by molar-refractivity contribution is 5.81. The van der Waals surface area contributed by atoms with Gasteiger partial charge < -0.3 is 10.4 Å². The zero-order valence-corrected chi connectivity index (χ0v) is 17.0. The van der Waals surface area contributed by atoms with Gasteiger partial charge in [0.05, 0.1) is 37.2 Å². The quantitative estimate of drug-likeness (QED) is 0.503. The molecule has 4 N–H and O–H groups in total. The molecular weight excluding hydrogens is 406 g/mol. The number of carbonyl (C=O) groups excluding carboxylic acids is 1. The molecular formula is C19H27F4N5O2. The summed E-state index contributed by atoms with van der Waals surface area (Å²) in [5.74, 6) is -1.74. The van der Waals surface area contributed by atoms with Crippen LogP contribution in [-0.4, -0.2) is 66.3 Å². The van der Waals surface area contributed by atoms with Gasteiger partial charge in [-0.25, -0.2) is 14.8 Å². The number of hydrazine groups is 1. The van der Waals surface area contributed by atoms with E-state index in [1.54, 1.807) is 24.0 Å². The van der Waals surface area contributed by atoms with E-state index in [9.17, 15) is 27.5 Å². The van der Waals surface area contributed by atoms with Gasteiger partial charge in [-0.2, -0.15) is 13.2 Å². The van der Waals surface area contributed by atoms with Crippen LogP contribution in [0.3, 0.4) is 0 Å². The maximum Gasteiger partial charge on any atom is 0.393 e. The molecule has 2 fully saturated rings. The third-order valence-electron chi connectivity index (χ3n) is 5.59. The predicted octanol–water partition coefficient (Wildman–Crippen LogP) is 1.07. The molecule has 0 aliphatic carbocycles. The second-order valence-electron chi connectivity index (χ2n) is 7.90. The minimum absolute atomic E-state index is 0.229. The third kappa shape index (κ3) is 4.59. The van der Waals surface area contributed by atoms with Crippen LogP contribution in [0, 0.1) is 11.7 Å². The van der Waals surface area contributed by atoms with Gasteiger partial charge in [-0.05, 0) is 37.7 Å². The highest BCUT2D eigenvalue weighted by atomic mass is 19.4. The first-order chi connectivity index (χ1) is 14.1. The number of nitrogens with one attached hydrogen (secondary N) is 3. The van der Waals surface area contributed by atoms with E-state index in [4.69, 9.17) is 0 Å². The molecule has 2 heterocycles. The van der Waals surface area contributed by atoms with Crippen LogP contribution in [0.4, 0.5) is 17.6 Å². The van der Waals surface area contributed by atoms with Gasteiger partial charge in [0.25, 0.3) is 0 Å². The number of nitrogens with zero attached hydrogens (tertiary/aromatic N) is 2. The Morgan fingerprint density at radius 1 is 1.30 bits per heavy atom. The molecule has 11 heteroatoms. The normalized spacial score (nSPS) is 28.5. The number of hydrogen-bond acceptors (Lipinski definition) is 6. The number of aliphatic hydroxyl groups is 1. The Morgan fingerprint density at radius 3 is 2.53 bits per heavy atom. The number of alkyl halides is 3. The highest BCUT2D eigenvalue weighted by Crippen LogP contribution is 2.34. The van der Waals surface area contributed by atoms with Gasteiger partial charge in [0.1, 0.15) is 12.1 Å². The largest absolute Gasteiger partial charge is 0.395 e. The minimum atomic E-state index is -4.49. The van der Waals surface area contributed by atoms with Crippen molar-refractivity contribution in [2.75, 3.05) is 20.7 Å². The smallest absolute Gasteiger partial charge is 0.393 e. The van der Waals surface area contributed by atoms with E-state index >= 15 is 0 Å². The highest BCUT2D eigenvalue weighted by Gasteiger charge is 2.51. The zero-order valence-electron chi connectivity index (χ0n) is 17.0. The molecule has 0 bridgehead atoms. The van der Waals surface area contributed by atoms with Crippen molar-refractivity contribution < 1.29 is 27.5 Å². The van der Waals surface area contributed by atoms with E-state index in [-0.39, 0.29) is 12.5 Å². The Hall–Kier alpha value is -1.79. The molecule has 1 aromatic carbocycles. The van der Waals surface area contributed by atoms with E-state index in [1.165, 1.54) is 6.07 Å². The maximum atomic E-state index is 14.4. The summed E-state index contributed by atoms with van der Waals surface area (Å²) in [6, 6.07) is 2.78. The van der Waals surface area contributed by atoms with Crippen LogP contribution in [0.15, 0.2) is 18.2 Å². The molecule has 2 saturated heterocycles. The van der Waals surface area contributed by atoms with Crippen LogP contribution in [0.5, 0.6) is 0 Å². The van der Waals surface area contributed by atoms with Crippen molar-refractivity contribution in [1.29, 1.82) is 0 Å². The van der Waals surface area contributed by atoms with Gasteiger partial charge in [0, 0.05) is 0 Å². The number of amides is 1. The number of fused-ring (bicyclic) bond motifs is 1. The summed E-state index contributed by atoms with van der Waals surface area (Å²) in [7, 11) is 3.58. The third-order valence-corrected chi connectivity index (χ3v) is 5.59. The summed E-state index contributed by atoms with van der Waals surface area (Å²) in [6.45, 7) is 1.58. The lowest BCUT2D eigenvalue weighted by atomic mass is 9.94. The van der Waals surface area contributed by atoms with Crippen molar-refractivity contribution in [3.8, 4) is 0 Å². The topological polar surface area (TPSA) is 79.9 Å². The van der Waals surface area contributed by atoms with Crippen molar-refractivity contribution in [2.24, 2.45) is 5.92 Å². The van der Waals surface area contributed by atoms with Crippen molar-refractivity contribution in [3.63, 3.8) is 0 Å². The summed E-state index contributed by atoms with van der Waals surface area (Å²) in [4.78, 5) is 14.4. The molecule has 7 nitrogen and oxygen atoms in total. The van der Waals surface area contributed by atoms with Gasteiger partial charge >= 0.3 is 6.18 Å². The average molecular weight is 433 g/mol. The SMILES string of the molecule is CCC(c1ccc(CC(F)(F)F)c(F)c1)N1NC(CO)C2C(=O)NC(N(C)C)NC21. The predicted molar refractivity (Wildman–Crippen MR) is 101 cm³/mol. The van der Waals surface area contributed by atoms with E-state index in [2.05, 4.69) is 16.1 Å². The Labute approximate surface area is 172 Å². The molecule has 5 atom stereocenters. The molecule has 1 aromatic rings. The first-order valence-corrected chi connectivity index (χ1v) is 9.79. The number of rotatable bonds is 6. The summed E-state index contributed by atoms with van der Waals surface area (Å²) < 4.78 is 52.3. The molecule has 0 radical (unpaired) electrons. The van der Waals surface area contributed by atoms with Crippen molar-refractivity contribution in [2.45, 2.75) is 50.5 Å². The Balaban J connectivity index is 1.90. The van der Waals surface area contributed by atoms with Crippen LogP contribution in [0.1, 0.15) is 30.5 Å². The van der Waals surface area contributed by atoms with E-state index < -0.39 is 54.4 Å². The van der Waals surface area contributed by atoms with E-state index in [0.29, 0.717) is 12.0 Å². The number of carbonyl (C=O) groups is 1.